The Morgan fingerprint density at radius 1 is 1.00 bits per heavy atom. The van der Waals surface area contributed by atoms with E-state index in [1.165, 1.54) is 18.4 Å². The Morgan fingerprint density at radius 2 is 1.47 bits per heavy atom. The maximum atomic E-state index is 10.5. The Kier molecular flexibility index (Phi) is 4.35. The average molecular weight is 260 g/mol. The minimum Gasteiger partial charge on any atom is -0.388 e. The lowest BCUT2D eigenvalue weighted by molar-refractivity contribution is 0.0567. The molecule has 0 bridgehead atoms. The molecule has 0 aliphatic heterocycles. The lowest BCUT2D eigenvalue weighted by atomic mass is 9.71. The van der Waals surface area contributed by atoms with E-state index >= 15 is 0 Å². The van der Waals surface area contributed by atoms with Gasteiger partial charge in [-0.05, 0) is 54.1 Å². The van der Waals surface area contributed by atoms with Crippen LogP contribution in [0.4, 0.5) is 0 Å². The van der Waals surface area contributed by atoms with Gasteiger partial charge in [0.15, 0.2) is 0 Å². The van der Waals surface area contributed by atoms with Gasteiger partial charge in [-0.25, -0.2) is 0 Å². The van der Waals surface area contributed by atoms with Crippen LogP contribution in [0.5, 0.6) is 0 Å². The van der Waals surface area contributed by atoms with Gasteiger partial charge >= 0.3 is 0 Å². The van der Waals surface area contributed by atoms with Gasteiger partial charge in [0, 0.05) is 0 Å². The minimum absolute atomic E-state index is 0.280. The van der Waals surface area contributed by atoms with Crippen molar-refractivity contribution in [3.05, 3.63) is 35.4 Å². The fraction of sp³-hybridized carbons (Fsp3) is 0.667. The number of rotatable bonds is 3. The number of aliphatic hydroxyl groups excluding tert-OH is 1. The van der Waals surface area contributed by atoms with Gasteiger partial charge < -0.3 is 5.11 Å². The summed E-state index contributed by atoms with van der Waals surface area (Å²) in [6.45, 7) is 9.09. The van der Waals surface area contributed by atoms with Gasteiger partial charge in [-0.3, -0.25) is 0 Å². The Balaban J connectivity index is 2.02. The van der Waals surface area contributed by atoms with Crippen LogP contribution in [0.2, 0.25) is 0 Å². The summed E-state index contributed by atoms with van der Waals surface area (Å²) in [7, 11) is 0. The number of aliphatic hydroxyl groups is 1. The van der Waals surface area contributed by atoms with Crippen LogP contribution in [0.25, 0.3) is 0 Å². The van der Waals surface area contributed by atoms with Crippen LogP contribution in [0.15, 0.2) is 24.3 Å². The lowest BCUT2D eigenvalue weighted by Crippen LogP contribution is -2.25. The molecule has 0 saturated heterocycles. The molecule has 1 saturated carbocycles. The fourth-order valence-corrected chi connectivity index (χ4v) is 3.09. The normalized spacial score (nSPS) is 21.6. The van der Waals surface area contributed by atoms with Gasteiger partial charge in [0.25, 0.3) is 0 Å². The average Bonchev–Trinajstić information content (AvgIpc) is 2.38. The number of hydrogen-bond donors (Lipinski definition) is 1. The van der Waals surface area contributed by atoms with Crippen molar-refractivity contribution in [3.8, 4) is 0 Å². The zero-order chi connectivity index (χ0) is 14.0. The standard InChI is InChI=1S/C18H28O/c1-13(2)14-5-7-15(8-6-14)17(19)16-9-11-18(3,4)12-10-16/h5-8,13,16-17,19H,9-12H2,1-4H3. The van der Waals surface area contributed by atoms with E-state index in [2.05, 4.69) is 52.0 Å². The molecule has 1 aromatic rings. The predicted octanol–water partition coefficient (Wildman–Crippen LogP) is 5.06. The van der Waals surface area contributed by atoms with Crippen molar-refractivity contribution < 1.29 is 5.11 Å². The molecule has 2 rings (SSSR count). The van der Waals surface area contributed by atoms with Crippen LogP contribution in [-0.2, 0) is 0 Å². The third kappa shape index (κ3) is 3.60. The van der Waals surface area contributed by atoms with Gasteiger partial charge in [-0.15, -0.1) is 0 Å². The Labute approximate surface area is 118 Å². The number of benzene rings is 1. The molecule has 1 N–H and O–H groups in total. The summed E-state index contributed by atoms with van der Waals surface area (Å²) in [6.07, 6.45) is 4.50. The van der Waals surface area contributed by atoms with Crippen LogP contribution in [0.1, 0.15) is 76.5 Å². The molecule has 0 spiro atoms. The van der Waals surface area contributed by atoms with Crippen molar-refractivity contribution in [3.63, 3.8) is 0 Å². The van der Waals surface area contributed by atoms with E-state index in [0.717, 1.165) is 18.4 Å². The van der Waals surface area contributed by atoms with E-state index in [1.54, 1.807) is 0 Å². The molecule has 1 fully saturated rings. The van der Waals surface area contributed by atoms with Crippen molar-refractivity contribution >= 4 is 0 Å². The van der Waals surface area contributed by atoms with E-state index in [9.17, 15) is 5.11 Å². The largest absolute Gasteiger partial charge is 0.388 e. The molecule has 1 nitrogen and oxygen atoms in total. The SMILES string of the molecule is CC(C)c1ccc(C(O)C2CCC(C)(C)CC2)cc1. The van der Waals surface area contributed by atoms with E-state index in [4.69, 9.17) is 0 Å². The first-order valence-electron chi connectivity index (χ1n) is 7.67. The molecule has 0 radical (unpaired) electrons. The zero-order valence-electron chi connectivity index (χ0n) is 12.8. The van der Waals surface area contributed by atoms with Crippen molar-refractivity contribution in [2.24, 2.45) is 11.3 Å². The smallest absolute Gasteiger partial charge is 0.0818 e. The maximum absolute atomic E-state index is 10.5. The summed E-state index contributed by atoms with van der Waals surface area (Å²) in [5.41, 5.74) is 2.91. The molecule has 1 aliphatic carbocycles. The van der Waals surface area contributed by atoms with Crippen molar-refractivity contribution in [1.82, 2.24) is 0 Å². The Bertz CT molecular complexity index is 392. The first-order chi connectivity index (χ1) is 8.89. The molecule has 0 heterocycles. The van der Waals surface area contributed by atoms with Crippen molar-refractivity contribution in [1.29, 1.82) is 0 Å². The summed E-state index contributed by atoms with van der Waals surface area (Å²) in [5.74, 6) is 1.000. The monoisotopic (exact) mass is 260 g/mol. The molecular weight excluding hydrogens is 232 g/mol. The fourth-order valence-electron chi connectivity index (χ4n) is 3.09. The minimum atomic E-state index is -0.280. The number of hydrogen-bond acceptors (Lipinski definition) is 1. The maximum Gasteiger partial charge on any atom is 0.0818 e. The summed E-state index contributed by atoms with van der Waals surface area (Å²) in [4.78, 5) is 0. The highest BCUT2D eigenvalue weighted by molar-refractivity contribution is 5.26. The van der Waals surface area contributed by atoms with E-state index in [0.29, 0.717) is 17.3 Å². The van der Waals surface area contributed by atoms with Crippen LogP contribution in [0, 0.1) is 11.3 Å². The second-order valence-corrected chi connectivity index (χ2v) is 7.27. The highest BCUT2D eigenvalue weighted by atomic mass is 16.3. The zero-order valence-corrected chi connectivity index (χ0v) is 12.8. The second kappa shape index (κ2) is 5.66. The van der Waals surface area contributed by atoms with Crippen LogP contribution < -0.4 is 0 Å². The summed E-state index contributed by atoms with van der Waals surface area (Å²) >= 11 is 0. The van der Waals surface area contributed by atoms with Crippen molar-refractivity contribution in [2.45, 2.75) is 65.4 Å². The van der Waals surface area contributed by atoms with Crippen LogP contribution in [-0.4, -0.2) is 5.11 Å². The van der Waals surface area contributed by atoms with Gasteiger partial charge in [0.1, 0.15) is 0 Å². The first kappa shape index (κ1) is 14.6. The Hall–Kier alpha value is -0.820. The predicted molar refractivity (Wildman–Crippen MR) is 81.2 cm³/mol. The molecule has 1 atom stereocenters. The van der Waals surface area contributed by atoms with Crippen molar-refractivity contribution in [2.75, 3.05) is 0 Å². The molecule has 0 aromatic heterocycles. The molecular formula is C18H28O. The van der Waals surface area contributed by atoms with E-state index < -0.39 is 0 Å². The molecule has 0 amide bonds. The van der Waals surface area contributed by atoms with Crippen LogP contribution >= 0.6 is 0 Å². The van der Waals surface area contributed by atoms with Crippen LogP contribution in [0.3, 0.4) is 0 Å². The first-order valence-corrected chi connectivity index (χ1v) is 7.67. The summed E-state index contributed by atoms with van der Waals surface area (Å²) in [5, 5.41) is 10.5. The van der Waals surface area contributed by atoms with Gasteiger partial charge in [-0.1, -0.05) is 52.0 Å². The third-order valence-corrected chi connectivity index (χ3v) is 4.77. The topological polar surface area (TPSA) is 20.2 Å². The van der Waals surface area contributed by atoms with E-state index in [1.807, 2.05) is 0 Å². The molecule has 106 valence electrons. The molecule has 19 heavy (non-hydrogen) atoms. The third-order valence-electron chi connectivity index (χ3n) is 4.77. The summed E-state index contributed by atoms with van der Waals surface area (Å²) in [6, 6.07) is 8.55. The highest BCUT2D eigenvalue weighted by Gasteiger charge is 2.31. The Morgan fingerprint density at radius 3 is 1.95 bits per heavy atom. The van der Waals surface area contributed by atoms with E-state index in [-0.39, 0.29) is 6.10 Å². The van der Waals surface area contributed by atoms with Gasteiger partial charge in [-0.2, -0.15) is 0 Å². The van der Waals surface area contributed by atoms with Gasteiger partial charge in [0.05, 0.1) is 6.10 Å². The lowest BCUT2D eigenvalue weighted by Gasteiger charge is -2.36. The second-order valence-electron chi connectivity index (χ2n) is 7.27. The molecule has 1 unspecified atom stereocenters. The molecule has 1 aliphatic rings. The summed E-state index contributed by atoms with van der Waals surface area (Å²) < 4.78 is 0. The quantitative estimate of drug-likeness (QED) is 0.805. The van der Waals surface area contributed by atoms with Gasteiger partial charge in [0.2, 0.25) is 0 Å². The molecule has 1 aromatic carbocycles. The highest BCUT2D eigenvalue weighted by Crippen LogP contribution is 2.42. The molecule has 1 heteroatoms.